The number of aryl methyl sites for hydroxylation is 2. The fourth-order valence-corrected chi connectivity index (χ4v) is 5.22. The molecule has 1 aromatic carbocycles. The van der Waals surface area contributed by atoms with Crippen molar-refractivity contribution in [3.05, 3.63) is 35.0 Å². The summed E-state index contributed by atoms with van der Waals surface area (Å²) in [4.78, 5) is 19.0. The van der Waals surface area contributed by atoms with Crippen LogP contribution in [0.2, 0.25) is 0 Å². The zero-order valence-corrected chi connectivity index (χ0v) is 17.0. The fraction of sp³-hybridized carbons (Fsp3) is 0.609. The molecule has 5 rings (SSSR count). The third-order valence-electron chi connectivity index (χ3n) is 6.88. The lowest BCUT2D eigenvalue weighted by molar-refractivity contribution is -0.0683. The molecule has 5 nitrogen and oxygen atoms in total. The summed E-state index contributed by atoms with van der Waals surface area (Å²) in [6.07, 6.45) is 6.05. The van der Waals surface area contributed by atoms with Gasteiger partial charge in [-0.1, -0.05) is 13.8 Å². The van der Waals surface area contributed by atoms with Gasteiger partial charge >= 0.3 is 0 Å². The van der Waals surface area contributed by atoms with Crippen LogP contribution in [-0.2, 0) is 17.6 Å². The molecule has 0 bridgehead atoms. The van der Waals surface area contributed by atoms with Crippen molar-refractivity contribution in [2.24, 2.45) is 5.92 Å². The molecule has 0 saturated carbocycles. The molecule has 2 aromatic rings. The number of nitrogens with one attached hydrogen (secondary N) is 2. The van der Waals surface area contributed by atoms with Gasteiger partial charge in [0.05, 0.1) is 12.7 Å². The lowest BCUT2D eigenvalue weighted by Crippen LogP contribution is -2.48. The largest absolute Gasteiger partial charge is 0.375 e. The highest BCUT2D eigenvalue weighted by atomic mass is 16.5. The number of carbonyl (C=O) groups is 1. The molecular weight excluding hydrogens is 350 g/mol. The Labute approximate surface area is 166 Å². The third-order valence-corrected chi connectivity index (χ3v) is 6.88. The number of fused-ring (bicyclic) bond motifs is 4. The summed E-state index contributed by atoms with van der Waals surface area (Å²) in [6.45, 7) is 7.14. The van der Waals surface area contributed by atoms with Crippen LogP contribution in [0.1, 0.15) is 54.7 Å². The highest BCUT2D eigenvalue weighted by Gasteiger charge is 2.38. The smallest absolute Gasteiger partial charge is 0.251 e. The van der Waals surface area contributed by atoms with Gasteiger partial charge in [0.2, 0.25) is 0 Å². The number of ether oxygens (including phenoxy) is 1. The maximum atomic E-state index is 12.9. The van der Waals surface area contributed by atoms with Crippen molar-refractivity contribution < 1.29 is 9.53 Å². The van der Waals surface area contributed by atoms with Crippen molar-refractivity contribution in [1.29, 1.82) is 0 Å². The Bertz CT molecular complexity index is 887. The molecule has 0 spiro atoms. The van der Waals surface area contributed by atoms with Crippen LogP contribution in [0.25, 0.3) is 10.9 Å². The minimum Gasteiger partial charge on any atom is -0.375 e. The molecule has 3 atom stereocenters. The van der Waals surface area contributed by atoms with Gasteiger partial charge in [0.1, 0.15) is 0 Å². The lowest BCUT2D eigenvalue weighted by atomic mass is 9.95. The molecule has 0 radical (unpaired) electrons. The minimum atomic E-state index is 0.0545. The highest BCUT2D eigenvalue weighted by Crippen LogP contribution is 2.30. The average molecular weight is 382 g/mol. The van der Waals surface area contributed by atoms with Gasteiger partial charge in [0, 0.05) is 47.3 Å². The minimum absolute atomic E-state index is 0.0545. The number of H-pyrrole nitrogens is 1. The van der Waals surface area contributed by atoms with E-state index in [0.717, 1.165) is 44.5 Å². The number of amides is 1. The van der Waals surface area contributed by atoms with E-state index in [2.05, 4.69) is 41.2 Å². The number of nitrogens with zero attached hydrogens (tertiary/aromatic N) is 1. The van der Waals surface area contributed by atoms with E-state index >= 15 is 0 Å². The summed E-state index contributed by atoms with van der Waals surface area (Å²) in [5.74, 6) is 0.590. The summed E-state index contributed by atoms with van der Waals surface area (Å²) >= 11 is 0. The third kappa shape index (κ3) is 3.25. The Hall–Kier alpha value is -1.85. The molecule has 2 fully saturated rings. The van der Waals surface area contributed by atoms with Gasteiger partial charge in [0.15, 0.2) is 0 Å². The number of hydrogen-bond donors (Lipinski definition) is 2. The van der Waals surface area contributed by atoms with E-state index in [0.29, 0.717) is 18.1 Å². The molecule has 0 unspecified atom stereocenters. The topological polar surface area (TPSA) is 57.4 Å². The van der Waals surface area contributed by atoms with Crippen LogP contribution in [0.3, 0.4) is 0 Å². The monoisotopic (exact) mass is 381 g/mol. The quantitative estimate of drug-likeness (QED) is 0.858. The Kier molecular flexibility index (Phi) is 4.68. The molecule has 1 aliphatic carbocycles. The number of hydrogen-bond acceptors (Lipinski definition) is 3. The number of rotatable bonds is 3. The summed E-state index contributed by atoms with van der Waals surface area (Å²) < 4.78 is 6.03. The highest BCUT2D eigenvalue weighted by molar-refractivity contribution is 5.99. The number of morpholine rings is 1. The van der Waals surface area contributed by atoms with Gasteiger partial charge in [-0.05, 0) is 61.8 Å². The molecule has 3 aliphatic rings. The first-order valence-corrected chi connectivity index (χ1v) is 10.9. The van der Waals surface area contributed by atoms with Crippen molar-refractivity contribution in [3.63, 3.8) is 0 Å². The zero-order valence-electron chi connectivity index (χ0n) is 17.0. The Morgan fingerprint density at radius 3 is 2.96 bits per heavy atom. The van der Waals surface area contributed by atoms with Gasteiger partial charge in [0.25, 0.3) is 5.91 Å². The van der Waals surface area contributed by atoms with Crippen molar-refractivity contribution >= 4 is 16.8 Å². The first kappa shape index (κ1) is 18.2. The molecule has 1 aromatic heterocycles. The molecule has 2 N–H and O–H groups in total. The molecule has 3 heterocycles. The summed E-state index contributed by atoms with van der Waals surface area (Å²) in [7, 11) is 0. The van der Waals surface area contributed by atoms with Crippen LogP contribution >= 0.6 is 0 Å². The number of aromatic amines is 1. The predicted octanol–water partition coefficient (Wildman–Crippen LogP) is 3.27. The van der Waals surface area contributed by atoms with Crippen LogP contribution in [0, 0.1) is 5.92 Å². The van der Waals surface area contributed by atoms with Crippen molar-refractivity contribution in [2.75, 3.05) is 19.7 Å². The number of aromatic nitrogens is 1. The van der Waals surface area contributed by atoms with E-state index in [9.17, 15) is 4.79 Å². The van der Waals surface area contributed by atoms with Gasteiger partial charge in [-0.3, -0.25) is 9.69 Å². The second-order valence-corrected chi connectivity index (χ2v) is 9.18. The Morgan fingerprint density at radius 1 is 1.25 bits per heavy atom. The fourth-order valence-electron chi connectivity index (χ4n) is 5.22. The second kappa shape index (κ2) is 7.20. The Balaban J connectivity index is 1.28. The maximum absolute atomic E-state index is 12.9. The number of benzene rings is 1. The molecule has 2 aliphatic heterocycles. The van der Waals surface area contributed by atoms with Crippen LogP contribution in [0.15, 0.2) is 18.2 Å². The lowest BCUT2D eigenvalue weighted by Gasteiger charge is -2.36. The molecule has 150 valence electrons. The van der Waals surface area contributed by atoms with Crippen LogP contribution in [0.4, 0.5) is 0 Å². The summed E-state index contributed by atoms with van der Waals surface area (Å²) in [6, 6.07) is 6.77. The standard InChI is InChI=1S/C23H31N3O2/c1-14(2)22-12-26-11-16(10-17(26)13-28-22)24-23(27)15-7-8-21-19(9-15)18-5-3-4-6-20(18)25-21/h7-9,14,16-17,22,25H,3-6,10-13H2,1-2H3,(H,24,27)/t16-,17-,22+/m0/s1. The van der Waals surface area contributed by atoms with E-state index in [-0.39, 0.29) is 11.9 Å². The molecule has 1 amide bonds. The average Bonchev–Trinajstić information content (AvgIpc) is 3.27. The van der Waals surface area contributed by atoms with E-state index in [1.165, 1.54) is 35.0 Å². The van der Waals surface area contributed by atoms with Crippen molar-refractivity contribution in [2.45, 2.75) is 64.1 Å². The van der Waals surface area contributed by atoms with Gasteiger partial charge < -0.3 is 15.0 Å². The Morgan fingerprint density at radius 2 is 2.11 bits per heavy atom. The molecule has 2 saturated heterocycles. The SMILES string of the molecule is CC(C)[C@H]1CN2C[C@@H](NC(=O)c3ccc4[nH]c5c(c4c3)CCCC5)C[C@H]2CO1. The first-order valence-electron chi connectivity index (χ1n) is 10.9. The number of carbonyl (C=O) groups excluding carboxylic acids is 1. The summed E-state index contributed by atoms with van der Waals surface area (Å²) in [5.41, 5.74) is 4.73. The normalized spacial score (nSPS) is 27.8. The van der Waals surface area contributed by atoms with Crippen molar-refractivity contribution in [3.8, 4) is 0 Å². The van der Waals surface area contributed by atoms with Crippen LogP contribution in [0.5, 0.6) is 0 Å². The zero-order chi connectivity index (χ0) is 19.3. The van der Waals surface area contributed by atoms with Crippen LogP contribution < -0.4 is 5.32 Å². The summed E-state index contributed by atoms with van der Waals surface area (Å²) in [5, 5.41) is 4.52. The predicted molar refractivity (Wildman–Crippen MR) is 111 cm³/mol. The van der Waals surface area contributed by atoms with Crippen molar-refractivity contribution in [1.82, 2.24) is 15.2 Å². The second-order valence-electron chi connectivity index (χ2n) is 9.18. The first-order chi connectivity index (χ1) is 13.6. The van der Waals surface area contributed by atoms with Gasteiger partial charge in [-0.2, -0.15) is 0 Å². The molecular formula is C23H31N3O2. The van der Waals surface area contributed by atoms with E-state index in [4.69, 9.17) is 4.74 Å². The maximum Gasteiger partial charge on any atom is 0.251 e. The van der Waals surface area contributed by atoms with Crippen LogP contribution in [-0.4, -0.2) is 53.7 Å². The van der Waals surface area contributed by atoms with E-state index in [1.807, 2.05) is 6.07 Å². The van der Waals surface area contributed by atoms with Gasteiger partial charge in [-0.25, -0.2) is 0 Å². The molecule has 28 heavy (non-hydrogen) atoms. The molecule has 5 heteroatoms. The van der Waals surface area contributed by atoms with Gasteiger partial charge in [-0.15, -0.1) is 0 Å². The van der Waals surface area contributed by atoms with E-state index in [1.54, 1.807) is 0 Å². The van der Waals surface area contributed by atoms with E-state index < -0.39 is 0 Å².